The maximum absolute atomic E-state index is 13.8. The van der Waals surface area contributed by atoms with E-state index in [0.717, 1.165) is 41.9 Å². The van der Waals surface area contributed by atoms with Gasteiger partial charge in [0.25, 0.3) is 0 Å². The largest absolute Gasteiger partial charge is 0.467 e. The lowest BCUT2D eigenvalue weighted by atomic mass is 9.79. The molecule has 0 unspecified atom stereocenters. The quantitative estimate of drug-likeness (QED) is 0.418. The number of nitrogens with zero attached hydrogens (tertiary/aromatic N) is 1. The summed E-state index contributed by atoms with van der Waals surface area (Å²) in [7, 11) is 0. The van der Waals surface area contributed by atoms with Crippen LogP contribution in [0.1, 0.15) is 68.7 Å². The van der Waals surface area contributed by atoms with E-state index in [-0.39, 0.29) is 17.6 Å². The number of hydrogen-bond acceptors (Lipinski definition) is 4. The number of benzene rings is 2. The van der Waals surface area contributed by atoms with Crippen LogP contribution in [0.2, 0.25) is 0 Å². The van der Waals surface area contributed by atoms with Crippen molar-refractivity contribution in [1.82, 2.24) is 0 Å². The molecule has 1 aliphatic heterocycles. The molecule has 0 saturated carbocycles. The summed E-state index contributed by atoms with van der Waals surface area (Å²) < 4.78 is 5.85. The van der Waals surface area contributed by atoms with Gasteiger partial charge in [0.2, 0.25) is 5.91 Å². The number of allylic oxidation sites excluding steroid dienone is 1. The maximum atomic E-state index is 13.8. The van der Waals surface area contributed by atoms with Gasteiger partial charge in [0.05, 0.1) is 17.6 Å². The molecule has 0 saturated heterocycles. The number of carbonyl (C=O) groups excluding carboxylic acids is 2. The second kappa shape index (κ2) is 9.72. The van der Waals surface area contributed by atoms with Crippen molar-refractivity contribution in [3.05, 3.63) is 95.6 Å². The SMILES string of the molecule is CCCCCC(=O)N1c2ccccc2NC2=C(C(=O)C[C@H](c3ccccc3)C2)[C@@H]1c1ccco1. The molecule has 0 spiro atoms. The van der Waals surface area contributed by atoms with Crippen LogP contribution in [0.25, 0.3) is 0 Å². The Balaban J connectivity index is 1.63. The van der Waals surface area contributed by atoms with Crippen LogP contribution in [0.5, 0.6) is 0 Å². The first-order valence-electron chi connectivity index (χ1n) is 12.2. The summed E-state index contributed by atoms with van der Waals surface area (Å²) in [5, 5.41) is 3.56. The lowest BCUT2D eigenvalue weighted by Gasteiger charge is -2.33. The lowest BCUT2D eigenvalue weighted by Crippen LogP contribution is -2.38. The number of para-hydroxylation sites is 2. The summed E-state index contributed by atoms with van der Waals surface area (Å²) in [6.07, 6.45) is 6.02. The van der Waals surface area contributed by atoms with Crippen LogP contribution in [0.15, 0.2) is 88.7 Å². The van der Waals surface area contributed by atoms with Crippen molar-refractivity contribution in [2.75, 3.05) is 10.2 Å². The van der Waals surface area contributed by atoms with Crippen LogP contribution < -0.4 is 10.2 Å². The van der Waals surface area contributed by atoms with Crippen LogP contribution in [-0.2, 0) is 9.59 Å². The highest BCUT2D eigenvalue weighted by Crippen LogP contribution is 2.47. The Bertz CT molecular complexity index is 1200. The van der Waals surface area contributed by atoms with Crippen molar-refractivity contribution < 1.29 is 14.0 Å². The Morgan fingerprint density at radius 1 is 1.00 bits per heavy atom. The highest BCUT2D eigenvalue weighted by atomic mass is 16.3. The normalized spacial score (nSPS) is 19.8. The number of unbranched alkanes of at least 4 members (excludes halogenated alkanes) is 2. The number of Topliss-reactive ketones (excluding diaryl/α,β-unsaturated/α-hetero) is 1. The summed E-state index contributed by atoms with van der Waals surface area (Å²) in [6, 6.07) is 21.1. The molecule has 5 rings (SSSR count). The summed E-state index contributed by atoms with van der Waals surface area (Å²) in [6.45, 7) is 2.13. The molecule has 1 aliphatic carbocycles. The number of hydrogen-bond donors (Lipinski definition) is 1. The number of fused-ring (bicyclic) bond motifs is 1. The monoisotopic (exact) mass is 454 g/mol. The molecule has 3 aromatic rings. The minimum absolute atomic E-state index is 0.0100. The topological polar surface area (TPSA) is 62.6 Å². The van der Waals surface area contributed by atoms with Crippen molar-refractivity contribution in [2.45, 2.75) is 57.4 Å². The molecule has 1 aromatic heterocycles. The zero-order valence-electron chi connectivity index (χ0n) is 19.5. The first kappa shape index (κ1) is 22.2. The lowest BCUT2D eigenvalue weighted by molar-refractivity contribution is -0.119. The van der Waals surface area contributed by atoms with E-state index in [1.54, 1.807) is 11.2 Å². The van der Waals surface area contributed by atoms with Crippen molar-refractivity contribution in [1.29, 1.82) is 0 Å². The van der Waals surface area contributed by atoms with Gasteiger partial charge in [0, 0.05) is 24.1 Å². The molecular weight excluding hydrogens is 424 g/mol. The van der Waals surface area contributed by atoms with Gasteiger partial charge in [0.15, 0.2) is 5.78 Å². The van der Waals surface area contributed by atoms with E-state index in [0.29, 0.717) is 30.6 Å². The summed E-state index contributed by atoms with van der Waals surface area (Å²) in [5.41, 5.74) is 4.30. The van der Waals surface area contributed by atoms with Crippen LogP contribution in [0.3, 0.4) is 0 Å². The van der Waals surface area contributed by atoms with E-state index in [1.165, 1.54) is 0 Å². The van der Waals surface area contributed by atoms with Crippen LogP contribution in [-0.4, -0.2) is 11.7 Å². The summed E-state index contributed by atoms with van der Waals surface area (Å²) >= 11 is 0. The Labute approximate surface area is 200 Å². The molecule has 34 heavy (non-hydrogen) atoms. The first-order valence-corrected chi connectivity index (χ1v) is 12.2. The Morgan fingerprint density at radius 2 is 1.79 bits per heavy atom. The third-order valence-electron chi connectivity index (χ3n) is 6.84. The molecule has 0 radical (unpaired) electrons. The fraction of sp³-hybridized carbons (Fsp3) is 0.310. The first-order chi connectivity index (χ1) is 16.7. The second-order valence-corrected chi connectivity index (χ2v) is 9.11. The number of amides is 1. The molecule has 5 heteroatoms. The van der Waals surface area contributed by atoms with E-state index in [4.69, 9.17) is 4.42 Å². The predicted octanol–water partition coefficient (Wildman–Crippen LogP) is 6.76. The van der Waals surface area contributed by atoms with Gasteiger partial charge in [-0.25, -0.2) is 0 Å². The molecule has 0 fully saturated rings. The van der Waals surface area contributed by atoms with Gasteiger partial charge in [-0.15, -0.1) is 0 Å². The highest BCUT2D eigenvalue weighted by molar-refractivity contribution is 6.06. The molecule has 2 atom stereocenters. The number of rotatable bonds is 6. The molecular formula is C29H30N2O3. The van der Waals surface area contributed by atoms with Crippen molar-refractivity contribution in [2.24, 2.45) is 0 Å². The number of ketones is 1. The van der Waals surface area contributed by atoms with Crippen molar-refractivity contribution in [3.8, 4) is 0 Å². The van der Waals surface area contributed by atoms with Crippen molar-refractivity contribution >= 4 is 23.1 Å². The van der Waals surface area contributed by atoms with Gasteiger partial charge in [-0.2, -0.15) is 0 Å². The molecule has 1 N–H and O–H groups in total. The van der Waals surface area contributed by atoms with E-state index >= 15 is 0 Å². The average Bonchev–Trinajstić information content (AvgIpc) is 3.34. The zero-order valence-corrected chi connectivity index (χ0v) is 19.5. The molecule has 1 amide bonds. The van der Waals surface area contributed by atoms with Crippen molar-refractivity contribution in [3.63, 3.8) is 0 Å². The third kappa shape index (κ3) is 4.18. The Kier molecular flexibility index (Phi) is 6.35. The van der Waals surface area contributed by atoms with E-state index < -0.39 is 6.04 Å². The fourth-order valence-corrected chi connectivity index (χ4v) is 5.19. The smallest absolute Gasteiger partial charge is 0.228 e. The zero-order chi connectivity index (χ0) is 23.5. The van der Waals surface area contributed by atoms with Crippen LogP contribution >= 0.6 is 0 Å². The summed E-state index contributed by atoms with van der Waals surface area (Å²) in [5.74, 6) is 0.775. The Hall–Kier alpha value is -3.60. The van der Waals surface area contributed by atoms with E-state index in [9.17, 15) is 9.59 Å². The van der Waals surface area contributed by atoms with E-state index in [2.05, 4.69) is 24.4 Å². The average molecular weight is 455 g/mol. The maximum Gasteiger partial charge on any atom is 0.228 e. The van der Waals surface area contributed by atoms with Gasteiger partial charge >= 0.3 is 0 Å². The van der Waals surface area contributed by atoms with Gasteiger partial charge in [-0.05, 0) is 48.6 Å². The van der Waals surface area contributed by atoms with E-state index in [1.807, 2.05) is 54.6 Å². The molecule has 2 heterocycles. The molecule has 174 valence electrons. The number of nitrogens with one attached hydrogen (secondary N) is 1. The summed E-state index contributed by atoms with van der Waals surface area (Å²) in [4.78, 5) is 29.2. The fourth-order valence-electron chi connectivity index (χ4n) is 5.19. The standard InChI is InChI=1S/C29H30N2O3/c1-2-3-5-16-27(33)31-24-14-9-8-13-22(24)30-23-18-21(20-11-6-4-7-12-20)19-25(32)28(23)29(31)26-15-10-17-34-26/h4,6-15,17,21,29-30H,2-3,5,16,18-19H2,1H3/t21-,29+/m1/s1. The minimum atomic E-state index is -0.584. The van der Waals surface area contributed by atoms with Gasteiger partial charge in [0.1, 0.15) is 11.8 Å². The second-order valence-electron chi connectivity index (χ2n) is 9.11. The Morgan fingerprint density at radius 3 is 2.56 bits per heavy atom. The number of anilines is 2. The predicted molar refractivity (Wildman–Crippen MR) is 134 cm³/mol. The highest BCUT2D eigenvalue weighted by Gasteiger charge is 2.42. The van der Waals surface area contributed by atoms with Crippen LogP contribution in [0.4, 0.5) is 11.4 Å². The van der Waals surface area contributed by atoms with Gasteiger partial charge in [-0.3, -0.25) is 14.5 Å². The van der Waals surface area contributed by atoms with Gasteiger partial charge < -0.3 is 9.73 Å². The number of carbonyl (C=O) groups is 2. The molecule has 0 bridgehead atoms. The third-order valence-corrected chi connectivity index (χ3v) is 6.84. The van der Waals surface area contributed by atoms with Crippen LogP contribution in [0, 0.1) is 0 Å². The number of furan rings is 1. The van der Waals surface area contributed by atoms with Gasteiger partial charge in [-0.1, -0.05) is 62.2 Å². The molecule has 5 nitrogen and oxygen atoms in total. The minimum Gasteiger partial charge on any atom is -0.467 e. The molecule has 2 aliphatic rings. The molecule has 2 aromatic carbocycles.